The van der Waals surface area contributed by atoms with Crippen LogP contribution < -0.4 is 10.6 Å². The summed E-state index contributed by atoms with van der Waals surface area (Å²) in [6.07, 6.45) is 4.91. The minimum Gasteiger partial charge on any atom is -0.369 e. The summed E-state index contributed by atoms with van der Waals surface area (Å²) in [5.74, 6) is 0.234. The van der Waals surface area contributed by atoms with Gasteiger partial charge in [0, 0.05) is 32.4 Å². The van der Waals surface area contributed by atoms with E-state index in [1.807, 2.05) is 4.90 Å². The molecule has 1 amide bonds. The Balaban J connectivity index is 1.75. The third-order valence-corrected chi connectivity index (χ3v) is 6.45. The lowest BCUT2D eigenvalue weighted by Crippen LogP contribution is -2.41. The molecule has 0 bridgehead atoms. The molecule has 2 saturated heterocycles. The molecule has 1 unspecified atom stereocenters. The van der Waals surface area contributed by atoms with E-state index in [4.69, 9.17) is 5.73 Å². The standard InChI is InChI=1S/C15H22N4O3S/c16-15(20)12-4-3-7-18(11-12)14-6-5-13(10-17-14)23(21,22)19-8-1-2-9-19/h5-6,10,12H,1-4,7-9,11H2,(H2,16,20). The van der Waals surface area contributed by atoms with Gasteiger partial charge in [-0.15, -0.1) is 0 Å². The minimum absolute atomic E-state index is 0.168. The van der Waals surface area contributed by atoms with Gasteiger partial charge >= 0.3 is 0 Å². The molecule has 0 aliphatic carbocycles. The number of anilines is 1. The highest BCUT2D eigenvalue weighted by molar-refractivity contribution is 7.89. The highest BCUT2D eigenvalue weighted by Crippen LogP contribution is 2.24. The summed E-state index contributed by atoms with van der Waals surface area (Å²) < 4.78 is 26.5. The molecule has 0 aromatic carbocycles. The number of rotatable bonds is 4. The number of sulfonamides is 1. The molecule has 126 valence electrons. The van der Waals surface area contributed by atoms with Gasteiger partial charge in [-0.2, -0.15) is 4.31 Å². The Hall–Kier alpha value is -1.67. The van der Waals surface area contributed by atoms with Gasteiger partial charge in [-0.1, -0.05) is 0 Å². The molecular weight excluding hydrogens is 316 g/mol. The van der Waals surface area contributed by atoms with Gasteiger partial charge in [0.25, 0.3) is 0 Å². The average Bonchev–Trinajstić information content (AvgIpc) is 3.10. The lowest BCUT2D eigenvalue weighted by atomic mass is 9.97. The smallest absolute Gasteiger partial charge is 0.244 e. The predicted octanol–water partition coefficient (Wildman–Crippen LogP) is 0.568. The Morgan fingerprint density at radius 2 is 1.91 bits per heavy atom. The lowest BCUT2D eigenvalue weighted by Gasteiger charge is -2.32. The van der Waals surface area contributed by atoms with Gasteiger partial charge in [0.05, 0.1) is 5.92 Å². The zero-order valence-corrected chi connectivity index (χ0v) is 13.8. The maximum Gasteiger partial charge on any atom is 0.244 e. The van der Waals surface area contributed by atoms with Crippen molar-refractivity contribution in [3.05, 3.63) is 18.3 Å². The molecule has 0 saturated carbocycles. The molecule has 2 aliphatic rings. The summed E-state index contributed by atoms with van der Waals surface area (Å²) >= 11 is 0. The Labute approximate surface area is 136 Å². The molecule has 8 heteroatoms. The minimum atomic E-state index is -3.43. The fourth-order valence-corrected chi connectivity index (χ4v) is 4.67. The van der Waals surface area contributed by atoms with Crippen LogP contribution in [0.1, 0.15) is 25.7 Å². The van der Waals surface area contributed by atoms with E-state index >= 15 is 0 Å². The number of hydrogen-bond acceptors (Lipinski definition) is 5. The van der Waals surface area contributed by atoms with Gasteiger partial charge in [0.15, 0.2) is 0 Å². The van der Waals surface area contributed by atoms with Crippen molar-refractivity contribution < 1.29 is 13.2 Å². The first-order chi connectivity index (χ1) is 11.0. The summed E-state index contributed by atoms with van der Waals surface area (Å²) in [6, 6.07) is 3.32. The van der Waals surface area contributed by atoms with E-state index in [-0.39, 0.29) is 16.7 Å². The molecule has 1 atom stereocenters. The third-order valence-electron chi connectivity index (χ3n) is 4.57. The summed E-state index contributed by atoms with van der Waals surface area (Å²) in [6.45, 7) is 2.50. The number of aromatic nitrogens is 1. The Morgan fingerprint density at radius 1 is 1.17 bits per heavy atom. The maximum atomic E-state index is 12.5. The topological polar surface area (TPSA) is 96.6 Å². The number of nitrogens with two attached hydrogens (primary N) is 1. The molecule has 2 aliphatic heterocycles. The number of hydrogen-bond donors (Lipinski definition) is 1. The molecule has 1 aromatic heterocycles. The molecule has 3 rings (SSSR count). The van der Waals surface area contributed by atoms with Crippen molar-refractivity contribution in [2.24, 2.45) is 11.7 Å². The van der Waals surface area contributed by atoms with Crippen LogP contribution in [0.2, 0.25) is 0 Å². The van der Waals surface area contributed by atoms with Crippen LogP contribution in [0.5, 0.6) is 0 Å². The molecular formula is C15H22N4O3S. The fraction of sp³-hybridized carbons (Fsp3) is 0.600. The van der Waals surface area contributed by atoms with Crippen molar-refractivity contribution >= 4 is 21.7 Å². The molecule has 2 N–H and O–H groups in total. The zero-order valence-electron chi connectivity index (χ0n) is 13.0. The van der Waals surface area contributed by atoms with E-state index in [2.05, 4.69) is 4.98 Å². The molecule has 7 nitrogen and oxygen atoms in total. The summed E-state index contributed by atoms with van der Waals surface area (Å²) in [5.41, 5.74) is 5.39. The number of carbonyl (C=O) groups is 1. The molecule has 23 heavy (non-hydrogen) atoms. The third kappa shape index (κ3) is 3.32. The van der Waals surface area contributed by atoms with E-state index in [0.29, 0.717) is 25.5 Å². The van der Waals surface area contributed by atoms with Gasteiger partial charge in [0.1, 0.15) is 10.7 Å². The molecule has 2 fully saturated rings. The molecule has 0 spiro atoms. The van der Waals surface area contributed by atoms with E-state index < -0.39 is 10.0 Å². The monoisotopic (exact) mass is 338 g/mol. The van der Waals surface area contributed by atoms with Crippen LogP contribution in [0.15, 0.2) is 23.2 Å². The first kappa shape index (κ1) is 16.2. The van der Waals surface area contributed by atoms with Crippen LogP contribution in [0.4, 0.5) is 5.82 Å². The molecule has 0 radical (unpaired) electrons. The van der Waals surface area contributed by atoms with Gasteiger partial charge in [-0.05, 0) is 37.8 Å². The number of amides is 1. The van der Waals surface area contributed by atoms with Crippen LogP contribution in [-0.4, -0.2) is 49.8 Å². The van der Waals surface area contributed by atoms with Crippen molar-refractivity contribution in [1.82, 2.24) is 9.29 Å². The summed E-state index contributed by atoms with van der Waals surface area (Å²) in [4.78, 5) is 17.9. The summed E-state index contributed by atoms with van der Waals surface area (Å²) in [7, 11) is -3.43. The van der Waals surface area contributed by atoms with Gasteiger partial charge in [0.2, 0.25) is 15.9 Å². The van der Waals surface area contributed by atoms with Crippen LogP contribution in [-0.2, 0) is 14.8 Å². The van der Waals surface area contributed by atoms with Crippen LogP contribution >= 0.6 is 0 Å². The molecule has 3 heterocycles. The zero-order chi connectivity index (χ0) is 16.4. The van der Waals surface area contributed by atoms with Crippen LogP contribution in [0.25, 0.3) is 0 Å². The number of primary amides is 1. The van der Waals surface area contributed by atoms with Crippen molar-refractivity contribution in [2.75, 3.05) is 31.1 Å². The van der Waals surface area contributed by atoms with Gasteiger partial charge in [-0.25, -0.2) is 13.4 Å². The van der Waals surface area contributed by atoms with Crippen molar-refractivity contribution in [1.29, 1.82) is 0 Å². The highest BCUT2D eigenvalue weighted by Gasteiger charge is 2.28. The van der Waals surface area contributed by atoms with Gasteiger partial charge < -0.3 is 10.6 Å². The number of pyridine rings is 1. The average molecular weight is 338 g/mol. The Kier molecular flexibility index (Phi) is 4.54. The maximum absolute atomic E-state index is 12.5. The van der Waals surface area contributed by atoms with Crippen molar-refractivity contribution in [3.8, 4) is 0 Å². The van der Waals surface area contributed by atoms with E-state index in [0.717, 1.165) is 32.2 Å². The highest BCUT2D eigenvalue weighted by atomic mass is 32.2. The lowest BCUT2D eigenvalue weighted by molar-refractivity contribution is -0.122. The number of carbonyl (C=O) groups excluding carboxylic acids is 1. The van der Waals surface area contributed by atoms with Crippen LogP contribution in [0, 0.1) is 5.92 Å². The second-order valence-corrected chi connectivity index (χ2v) is 8.09. The normalized spacial score (nSPS) is 23.1. The van der Waals surface area contributed by atoms with Crippen molar-refractivity contribution in [2.45, 2.75) is 30.6 Å². The Bertz CT molecular complexity index is 668. The fourth-order valence-electron chi connectivity index (χ4n) is 3.21. The quantitative estimate of drug-likeness (QED) is 0.865. The van der Waals surface area contributed by atoms with Crippen molar-refractivity contribution in [3.63, 3.8) is 0 Å². The van der Waals surface area contributed by atoms with Gasteiger partial charge in [-0.3, -0.25) is 4.79 Å². The predicted molar refractivity (Wildman–Crippen MR) is 86.4 cm³/mol. The van der Waals surface area contributed by atoms with E-state index in [1.54, 1.807) is 12.1 Å². The first-order valence-corrected chi connectivity index (χ1v) is 9.43. The largest absolute Gasteiger partial charge is 0.369 e. The first-order valence-electron chi connectivity index (χ1n) is 7.99. The summed E-state index contributed by atoms with van der Waals surface area (Å²) in [5, 5.41) is 0. The SMILES string of the molecule is NC(=O)C1CCCN(c2ccc(S(=O)(=O)N3CCCC3)cn2)C1. The van der Waals surface area contributed by atoms with Crippen LogP contribution in [0.3, 0.4) is 0 Å². The second kappa shape index (κ2) is 6.45. The molecule has 1 aromatic rings. The number of nitrogens with zero attached hydrogens (tertiary/aromatic N) is 3. The Morgan fingerprint density at radius 3 is 2.52 bits per heavy atom. The van der Waals surface area contributed by atoms with E-state index in [9.17, 15) is 13.2 Å². The van der Waals surface area contributed by atoms with E-state index in [1.165, 1.54) is 10.5 Å². The number of piperidine rings is 1. The second-order valence-electron chi connectivity index (χ2n) is 6.15.